The maximum atomic E-state index is 9.72. The molecule has 0 aromatic rings. The van der Waals surface area contributed by atoms with Crippen LogP contribution in [-0.2, 0) is 0 Å². The van der Waals surface area contributed by atoms with Crippen LogP contribution in [-0.4, -0.2) is 73.4 Å². The molecule has 4 nitrogen and oxygen atoms in total. The predicted octanol–water partition coefficient (Wildman–Crippen LogP) is 0.763. The number of hydrogen-bond acceptors (Lipinski definition) is 4. The average Bonchev–Trinajstić information content (AvgIpc) is 2.83. The highest BCUT2D eigenvalue weighted by Gasteiger charge is 2.40. The van der Waals surface area contributed by atoms with Crippen molar-refractivity contribution in [2.45, 2.75) is 44.2 Å². The molecule has 2 fully saturated rings. The van der Waals surface area contributed by atoms with Crippen molar-refractivity contribution in [1.29, 1.82) is 0 Å². The van der Waals surface area contributed by atoms with E-state index in [4.69, 9.17) is 0 Å². The molecule has 2 aliphatic rings. The molecule has 3 unspecified atom stereocenters. The maximum absolute atomic E-state index is 9.72. The second-order valence-corrected chi connectivity index (χ2v) is 6.57. The van der Waals surface area contributed by atoms with E-state index in [9.17, 15) is 5.11 Å². The SMILES string of the molecule is CNC1(CO)CCCC1CCN1CCN(C)C(C)C1. The lowest BCUT2D eigenvalue weighted by Crippen LogP contribution is -2.52. The molecule has 0 amide bonds. The minimum atomic E-state index is -0.00179. The third kappa shape index (κ3) is 3.30. The largest absolute Gasteiger partial charge is 0.394 e. The molecule has 0 radical (unpaired) electrons. The van der Waals surface area contributed by atoms with E-state index >= 15 is 0 Å². The van der Waals surface area contributed by atoms with E-state index in [1.54, 1.807) is 0 Å². The smallest absolute Gasteiger partial charge is 0.0615 e. The Hall–Kier alpha value is -0.160. The topological polar surface area (TPSA) is 38.7 Å². The molecular weight excluding hydrogens is 238 g/mol. The van der Waals surface area contributed by atoms with Gasteiger partial charge in [0.15, 0.2) is 0 Å². The van der Waals surface area contributed by atoms with E-state index in [0.29, 0.717) is 12.0 Å². The van der Waals surface area contributed by atoms with E-state index in [-0.39, 0.29) is 12.1 Å². The van der Waals surface area contributed by atoms with Crippen molar-refractivity contribution in [3.05, 3.63) is 0 Å². The normalized spacial score (nSPS) is 37.9. The molecule has 4 heteroatoms. The first-order chi connectivity index (χ1) is 9.11. The van der Waals surface area contributed by atoms with Crippen LogP contribution in [0.25, 0.3) is 0 Å². The zero-order chi connectivity index (χ0) is 13.9. The maximum Gasteiger partial charge on any atom is 0.0615 e. The Morgan fingerprint density at radius 1 is 1.37 bits per heavy atom. The van der Waals surface area contributed by atoms with Gasteiger partial charge in [0, 0.05) is 31.2 Å². The number of piperazine rings is 1. The summed E-state index contributed by atoms with van der Waals surface area (Å²) in [6, 6.07) is 0.671. The van der Waals surface area contributed by atoms with Crippen molar-refractivity contribution in [3.63, 3.8) is 0 Å². The number of rotatable bonds is 5. The summed E-state index contributed by atoms with van der Waals surface area (Å²) in [5, 5.41) is 13.1. The molecule has 0 spiro atoms. The fourth-order valence-corrected chi connectivity index (χ4v) is 3.85. The minimum absolute atomic E-state index is 0.00179. The van der Waals surface area contributed by atoms with Crippen LogP contribution in [0.3, 0.4) is 0 Å². The molecule has 2 rings (SSSR count). The Bertz CT molecular complexity index is 281. The highest BCUT2D eigenvalue weighted by molar-refractivity contribution is 4.98. The molecular formula is C15H31N3O. The summed E-state index contributed by atoms with van der Waals surface area (Å²) in [4.78, 5) is 5.04. The van der Waals surface area contributed by atoms with Crippen LogP contribution < -0.4 is 5.32 Å². The van der Waals surface area contributed by atoms with Gasteiger partial charge < -0.3 is 20.2 Å². The summed E-state index contributed by atoms with van der Waals surface area (Å²) >= 11 is 0. The van der Waals surface area contributed by atoms with Crippen LogP contribution in [0.2, 0.25) is 0 Å². The van der Waals surface area contributed by atoms with Crippen molar-refractivity contribution in [2.24, 2.45) is 5.92 Å². The van der Waals surface area contributed by atoms with Crippen LogP contribution >= 0.6 is 0 Å². The molecule has 1 aliphatic carbocycles. The van der Waals surface area contributed by atoms with Gasteiger partial charge in [0.25, 0.3) is 0 Å². The number of aliphatic hydroxyl groups excluding tert-OH is 1. The number of aliphatic hydroxyl groups is 1. The Morgan fingerprint density at radius 2 is 2.16 bits per heavy atom. The van der Waals surface area contributed by atoms with Crippen LogP contribution in [0.4, 0.5) is 0 Å². The van der Waals surface area contributed by atoms with E-state index < -0.39 is 0 Å². The Balaban J connectivity index is 1.82. The van der Waals surface area contributed by atoms with Crippen molar-refractivity contribution >= 4 is 0 Å². The quantitative estimate of drug-likeness (QED) is 0.773. The zero-order valence-corrected chi connectivity index (χ0v) is 12.9. The molecule has 0 aromatic carbocycles. The van der Waals surface area contributed by atoms with Gasteiger partial charge in [-0.2, -0.15) is 0 Å². The number of nitrogens with zero attached hydrogens (tertiary/aromatic N) is 2. The Labute approximate surface area is 118 Å². The van der Waals surface area contributed by atoms with Gasteiger partial charge in [0.1, 0.15) is 0 Å². The van der Waals surface area contributed by atoms with Gasteiger partial charge in [-0.15, -0.1) is 0 Å². The third-order valence-electron chi connectivity index (χ3n) is 5.57. The summed E-state index contributed by atoms with van der Waals surface area (Å²) in [6.45, 7) is 7.35. The van der Waals surface area contributed by atoms with E-state index in [1.165, 1.54) is 45.4 Å². The molecule has 0 aromatic heterocycles. The number of likely N-dealkylation sites (N-methyl/N-ethyl adjacent to an activating group) is 2. The van der Waals surface area contributed by atoms with Crippen LogP contribution in [0, 0.1) is 5.92 Å². The van der Waals surface area contributed by atoms with Crippen LogP contribution in [0.1, 0.15) is 32.6 Å². The molecule has 1 aliphatic heterocycles. The predicted molar refractivity (Wildman–Crippen MR) is 79.4 cm³/mol. The first kappa shape index (κ1) is 15.2. The van der Waals surface area contributed by atoms with E-state index in [0.717, 1.165) is 6.42 Å². The summed E-state index contributed by atoms with van der Waals surface area (Å²) in [5.41, 5.74) is -0.00179. The summed E-state index contributed by atoms with van der Waals surface area (Å²) in [7, 11) is 4.23. The lowest BCUT2D eigenvalue weighted by atomic mass is 9.85. The average molecular weight is 269 g/mol. The Kier molecular flexibility index (Phi) is 5.23. The molecule has 1 heterocycles. The second-order valence-electron chi connectivity index (χ2n) is 6.57. The molecule has 0 bridgehead atoms. The van der Waals surface area contributed by atoms with Gasteiger partial charge in [-0.3, -0.25) is 0 Å². The first-order valence-electron chi connectivity index (χ1n) is 7.83. The standard InChI is InChI=1S/C15H31N3O/c1-13-11-18(10-9-17(13)3)8-6-14-5-4-7-15(14,12-19)16-2/h13-14,16,19H,4-12H2,1-3H3. The highest BCUT2D eigenvalue weighted by Crippen LogP contribution is 2.37. The number of nitrogens with one attached hydrogen (secondary N) is 1. The molecule has 2 N–H and O–H groups in total. The van der Waals surface area contributed by atoms with Crippen molar-refractivity contribution in [3.8, 4) is 0 Å². The molecule has 112 valence electrons. The van der Waals surface area contributed by atoms with Crippen LogP contribution in [0.15, 0.2) is 0 Å². The molecule has 1 saturated heterocycles. The van der Waals surface area contributed by atoms with Crippen molar-refractivity contribution in [1.82, 2.24) is 15.1 Å². The van der Waals surface area contributed by atoms with Crippen molar-refractivity contribution in [2.75, 3.05) is 46.9 Å². The summed E-state index contributed by atoms with van der Waals surface area (Å²) in [6.07, 6.45) is 4.87. The summed E-state index contributed by atoms with van der Waals surface area (Å²) < 4.78 is 0. The zero-order valence-electron chi connectivity index (χ0n) is 12.9. The summed E-state index contributed by atoms with van der Waals surface area (Å²) in [5.74, 6) is 0.637. The van der Waals surface area contributed by atoms with Gasteiger partial charge in [0.05, 0.1) is 6.61 Å². The highest BCUT2D eigenvalue weighted by atomic mass is 16.3. The molecule has 19 heavy (non-hydrogen) atoms. The van der Waals surface area contributed by atoms with E-state index in [1.807, 2.05) is 7.05 Å². The minimum Gasteiger partial charge on any atom is -0.394 e. The molecule has 3 atom stereocenters. The first-order valence-corrected chi connectivity index (χ1v) is 7.83. The van der Waals surface area contributed by atoms with Gasteiger partial charge in [-0.1, -0.05) is 6.42 Å². The number of hydrogen-bond donors (Lipinski definition) is 2. The monoisotopic (exact) mass is 269 g/mol. The third-order valence-corrected chi connectivity index (χ3v) is 5.57. The Morgan fingerprint density at radius 3 is 2.79 bits per heavy atom. The van der Waals surface area contributed by atoms with Crippen molar-refractivity contribution < 1.29 is 5.11 Å². The van der Waals surface area contributed by atoms with Gasteiger partial charge in [-0.05, 0) is 52.7 Å². The van der Waals surface area contributed by atoms with Gasteiger partial charge in [0.2, 0.25) is 0 Å². The lowest BCUT2D eigenvalue weighted by Gasteiger charge is -2.39. The van der Waals surface area contributed by atoms with Gasteiger partial charge in [-0.25, -0.2) is 0 Å². The second kappa shape index (κ2) is 6.53. The van der Waals surface area contributed by atoms with E-state index in [2.05, 4.69) is 29.1 Å². The fraction of sp³-hybridized carbons (Fsp3) is 1.00. The molecule has 1 saturated carbocycles. The lowest BCUT2D eigenvalue weighted by molar-refractivity contribution is 0.0841. The van der Waals surface area contributed by atoms with Gasteiger partial charge >= 0.3 is 0 Å². The fourth-order valence-electron chi connectivity index (χ4n) is 3.85. The van der Waals surface area contributed by atoms with Crippen LogP contribution in [0.5, 0.6) is 0 Å².